The number of hydrogen-bond donors (Lipinski definition) is 1. The van der Waals surface area contributed by atoms with Crippen molar-refractivity contribution in [3.8, 4) is 11.8 Å². The lowest BCUT2D eigenvalue weighted by atomic mass is 10.2. The fourth-order valence-electron chi connectivity index (χ4n) is 2.19. The summed E-state index contributed by atoms with van der Waals surface area (Å²) >= 11 is 0. The van der Waals surface area contributed by atoms with Crippen molar-refractivity contribution < 1.29 is 12.8 Å². The van der Waals surface area contributed by atoms with E-state index in [-0.39, 0.29) is 11.4 Å². The van der Waals surface area contributed by atoms with Crippen LogP contribution in [0.3, 0.4) is 0 Å². The van der Waals surface area contributed by atoms with Gasteiger partial charge in [0.2, 0.25) is 10.0 Å². The maximum atomic E-state index is 14.1. The molecule has 4 nitrogen and oxygen atoms in total. The third-order valence-electron chi connectivity index (χ3n) is 3.72. The lowest BCUT2D eigenvalue weighted by Gasteiger charge is -2.17. The third kappa shape index (κ3) is 3.62. The molecule has 2 rings (SSSR count). The fraction of sp³-hybridized carbons (Fsp3) is 0.467. The molecule has 2 N–H and O–H groups in total. The van der Waals surface area contributed by atoms with E-state index < -0.39 is 15.8 Å². The van der Waals surface area contributed by atoms with Crippen LogP contribution in [0, 0.1) is 29.5 Å². The molecule has 114 valence electrons. The number of nitrogens with two attached hydrogens (primary N) is 1. The van der Waals surface area contributed by atoms with Crippen molar-refractivity contribution in [1.82, 2.24) is 4.31 Å². The minimum Gasteiger partial charge on any atom is -0.320 e. The van der Waals surface area contributed by atoms with Gasteiger partial charge in [0.25, 0.3) is 0 Å². The molecule has 1 aliphatic carbocycles. The van der Waals surface area contributed by atoms with Crippen LogP contribution in [-0.4, -0.2) is 32.9 Å². The molecule has 0 heterocycles. The molecule has 0 spiro atoms. The monoisotopic (exact) mass is 310 g/mol. The largest absolute Gasteiger partial charge is 0.320 e. The summed E-state index contributed by atoms with van der Waals surface area (Å²) in [6, 6.07) is 3.88. The molecule has 2 unspecified atom stereocenters. The van der Waals surface area contributed by atoms with E-state index in [0.717, 1.165) is 12.5 Å². The Balaban J connectivity index is 2.23. The quantitative estimate of drug-likeness (QED) is 0.855. The van der Waals surface area contributed by atoms with Crippen LogP contribution in [0.2, 0.25) is 0 Å². The van der Waals surface area contributed by atoms with Crippen molar-refractivity contribution in [3.63, 3.8) is 0 Å². The highest BCUT2D eigenvalue weighted by Gasteiger charge is 2.36. The molecule has 1 aromatic rings. The van der Waals surface area contributed by atoms with Crippen molar-refractivity contribution in [2.75, 3.05) is 20.1 Å². The van der Waals surface area contributed by atoms with Gasteiger partial charge in [-0.05, 0) is 36.5 Å². The smallest absolute Gasteiger partial charge is 0.245 e. The average Bonchev–Trinajstić information content (AvgIpc) is 3.11. The topological polar surface area (TPSA) is 63.4 Å². The number of sulfonamides is 1. The summed E-state index contributed by atoms with van der Waals surface area (Å²) in [4.78, 5) is -0.309. The normalized spacial score (nSPS) is 21.0. The minimum atomic E-state index is -3.80. The molecule has 0 bridgehead atoms. The Hall–Kier alpha value is -1.42. The van der Waals surface area contributed by atoms with Gasteiger partial charge in [0, 0.05) is 19.2 Å². The summed E-state index contributed by atoms with van der Waals surface area (Å²) in [7, 11) is -2.31. The van der Waals surface area contributed by atoms with Gasteiger partial charge in [0.1, 0.15) is 10.7 Å². The number of hydrogen-bond acceptors (Lipinski definition) is 3. The highest BCUT2D eigenvalue weighted by Crippen LogP contribution is 2.38. The summed E-state index contributed by atoms with van der Waals surface area (Å²) in [5.74, 6) is 5.42. The summed E-state index contributed by atoms with van der Waals surface area (Å²) in [6.45, 7) is 2.68. The second-order valence-corrected chi connectivity index (χ2v) is 7.42. The van der Waals surface area contributed by atoms with Crippen molar-refractivity contribution in [3.05, 3.63) is 29.6 Å². The predicted octanol–water partition coefficient (Wildman–Crippen LogP) is 1.41. The highest BCUT2D eigenvalue weighted by atomic mass is 32.2. The Kier molecular flexibility index (Phi) is 4.67. The molecule has 2 atom stereocenters. The van der Waals surface area contributed by atoms with Crippen molar-refractivity contribution in [1.29, 1.82) is 0 Å². The molecule has 1 aliphatic rings. The Bertz CT molecular complexity index is 691. The molecule has 1 fully saturated rings. The van der Waals surface area contributed by atoms with E-state index in [1.165, 1.54) is 23.5 Å². The first-order valence-electron chi connectivity index (χ1n) is 6.81. The van der Waals surface area contributed by atoms with E-state index in [1.807, 2.05) is 0 Å². The van der Waals surface area contributed by atoms with E-state index in [9.17, 15) is 12.8 Å². The van der Waals surface area contributed by atoms with Gasteiger partial charge in [0.05, 0.1) is 6.54 Å². The molecule has 21 heavy (non-hydrogen) atoms. The summed E-state index contributed by atoms with van der Waals surface area (Å²) in [6.07, 6.45) is 1.02. The Morgan fingerprint density at radius 1 is 1.48 bits per heavy atom. The van der Waals surface area contributed by atoms with Crippen LogP contribution in [0.4, 0.5) is 4.39 Å². The van der Waals surface area contributed by atoms with E-state index >= 15 is 0 Å². The third-order valence-corrected chi connectivity index (χ3v) is 5.58. The maximum absolute atomic E-state index is 14.1. The van der Waals surface area contributed by atoms with E-state index in [0.29, 0.717) is 23.9 Å². The molecule has 0 aromatic heterocycles. The molecular formula is C15H19FN2O2S. The number of nitrogens with zero attached hydrogens (tertiary/aromatic N) is 1. The Labute approximate surface area is 125 Å². The van der Waals surface area contributed by atoms with Gasteiger partial charge in [0.15, 0.2) is 0 Å². The standard InChI is InChI=1S/C15H19FN2O2S/c1-11-8-13(11)10-18(2)21(19,20)15-6-5-12(4-3-7-17)9-14(15)16/h5-6,9,11,13H,7-8,10,17H2,1-2H3. The molecule has 0 aliphatic heterocycles. The van der Waals surface area contributed by atoms with Gasteiger partial charge in [-0.15, -0.1) is 0 Å². The van der Waals surface area contributed by atoms with E-state index in [2.05, 4.69) is 18.8 Å². The minimum absolute atomic E-state index is 0.171. The number of rotatable bonds is 4. The number of benzene rings is 1. The zero-order valence-corrected chi connectivity index (χ0v) is 13.0. The van der Waals surface area contributed by atoms with Gasteiger partial charge in [-0.1, -0.05) is 18.8 Å². The molecule has 1 saturated carbocycles. The SMILES string of the molecule is CC1CC1CN(C)S(=O)(=O)c1ccc(C#CCN)cc1F. The molecule has 0 radical (unpaired) electrons. The Morgan fingerprint density at radius 3 is 2.67 bits per heavy atom. The maximum Gasteiger partial charge on any atom is 0.245 e. The second kappa shape index (κ2) is 6.14. The first-order chi connectivity index (χ1) is 9.86. The van der Waals surface area contributed by atoms with Crippen LogP contribution in [-0.2, 0) is 10.0 Å². The van der Waals surface area contributed by atoms with Crippen LogP contribution >= 0.6 is 0 Å². The lowest BCUT2D eigenvalue weighted by Crippen LogP contribution is -2.30. The highest BCUT2D eigenvalue weighted by molar-refractivity contribution is 7.89. The molecule has 1 aromatic carbocycles. The van der Waals surface area contributed by atoms with Crippen LogP contribution < -0.4 is 5.73 Å². The number of halogens is 1. The van der Waals surface area contributed by atoms with Crippen LogP contribution in [0.1, 0.15) is 18.9 Å². The fourth-order valence-corrected chi connectivity index (χ4v) is 3.46. The van der Waals surface area contributed by atoms with Crippen molar-refractivity contribution >= 4 is 10.0 Å². The predicted molar refractivity (Wildman–Crippen MR) is 79.4 cm³/mol. The second-order valence-electron chi connectivity index (χ2n) is 5.41. The van der Waals surface area contributed by atoms with Gasteiger partial charge in [-0.3, -0.25) is 0 Å². The molecule has 0 amide bonds. The Morgan fingerprint density at radius 2 is 2.14 bits per heavy atom. The average molecular weight is 310 g/mol. The van der Waals surface area contributed by atoms with Crippen LogP contribution in [0.25, 0.3) is 0 Å². The summed E-state index contributed by atoms with van der Waals surface area (Å²) in [5, 5.41) is 0. The molecule has 0 saturated heterocycles. The zero-order chi connectivity index (χ0) is 15.6. The first-order valence-corrected chi connectivity index (χ1v) is 8.25. The van der Waals surface area contributed by atoms with E-state index in [4.69, 9.17) is 5.73 Å². The van der Waals surface area contributed by atoms with Gasteiger partial charge in [-0.2, -0.15) is 0 Å². The first kappa shape index (κ1) is 16.0. The van der Waals surface area contributed by atoms with Gasteiger partial charge < -0.3 is 5.73 Å². The molecule has 6 heteroatoms. The van der Waals surface area contributed by atoms with Crippen molar-refractivity contribution in [2.24, 2.45) is 17.6 Å². The molecular weight excluding hydrogens is 291 g/mol. The van der Waals surface area contributed by atoms with Crippen LogP contribution in [0.5, 0.6) is 0 Å². The van der Waals surface area contributed by atoms with E-state index in [1.54, 1.807) is 0 Å². The van der Waals surface area contributed by atoms with Crippen molar-refractivity contribution in [2.45, 2.75) is 18.2 Å². The van der Waals surface area contributed by atoms with Gasteiger partial charge >= 0.3 is 0 Å². The van der Waals surface area contributed by atoms with Crippen LogP contribution in [0.15, 0.2) is 23.1 Å². The zero-order valence-electron chi connectivity index (χ0n) is 12.1. The lowest BCUT2D eigenvalue weighted by molar-refractivity contribution is 0.440. The summed E-state index contributed by atoms with van der Waals surface area (Å²) < 4.78 is 40.0. The van der Waals surface area contributed by atoms with Gasteiger partial charge in [-0.25, -0.2) is 17.1 Å². The summed E-state index contributed by atoms with van der Waals surface area (Å²) in [5.41, 5.74) is 5.66.